The minimum absolute atomic E-state index is 0.0189. The number of aliphatic carboxylic acids is 2. The molecule has 832 valence electrons. The van der Waals surface area contributed by atoms with Crippen LogP contribution in [0.3, 0.4) is 0 Å². The van der Waals surface area contributed by atoms with E-state index < -0.39 is 314 Å². The van der Waals surface area contributed by atoms with E-state index in [1.807, 2.05) is 0 Å². The highest BCUT2D eigenvalue weighted by molar-refractivity contribution is 7.81. The number of hydrogen-bond acceptors (Lipinski definition) is 35. The monoisotopic (exact) mass is 2210 g/mol. The quantitative estimate of drug-likeness (QED) is 0.0108. The van der Waals surface area contributed by atoms with Crippen LogP contribution in [0.25, 0.3) is 10.9 Å². The maximum atomic E-state index is 15.2. The van der Waals surface area contributed by atoms with Gasteiger partial charge in [-0.1, -0.05) is 18.2 Å². The van der Waals surface area contributed by atoms with Crippen LogP contribution in [0, 0.1) is 10.8 Å². The van der Waals surface area contributed by atoms with E-state index in [0.29, 0.717) is 22.9 Å². The molecular weight excluding hydrogens is 2070 g/mol. The molecular formula is C86H137N33O26S5. The van der Waals surface area contributed by atoms with Crippen LogP contribution in [0.15, 0.2) is 43.0 Å². The smallest absolute Gasteiger partial charge is 0.305 e. The third-order valence-corrected chi connectivity index (χ3v) is 24.5. The number of guanidine groups is 2. The highest BCUT2D eigenvalue weighted by atomic mass is 32.1. The molecule has 3 heterocycles. The Morgan fingerprint density at radius 2 is 0.833 bits per heavy atom. The van der Waals surface area contributed by atoms with Gasteiger partial charge < -0.3 is 177 Å². The number of aliphatic hydroxyl groups excluding tert-OH is 1. The number of benzene rings is 1. The van der Waals surface area contributed by atoms with Crippen LogP contribution in [0.1, 0.15) is 121 Å². The summed E-state index contributed by atoms with van der Waals surface area (Å²) < 4.78 is 0. The molecule has 0 saturated carbocycles. The number of nitrogens with two attached hydrogens (primary N) is 7. The fourth-order valence-corrected chi connectivity index (χ4v) is 15.8. The van der Waals surface area contributed by atoms with E-state index in [4.69, 9.17) is 56.1 Å². The topological polar surface area (TPSA) is 971 Å². The minimum Gasteiger partial charge on any atom is -0.481 e. The summed E-state index contributed by atoms with van der Waals surface area (Å²) in [4.78, 5) is 323. The summed E-state index contributed by atoms with van der Waals surface area (Å²) in [5, 5.41) is 93.7. The van der Waals surface area contributed by atoms with Gasteiger partial charge in [-0.05, 0) is 115 Å². The zero-order valence-electron chi connectivity index (χ0n) is 81.9. The molecule has 17 atom stereocenters. The van der Waals surface area contributed by atoms with Crippen molar-refractivity contribution in [2.45, 2.75) is 225 Å². The lowest BCUT2D eigenvalue weighted by Gasteiger charge is -2.28. The first-order valence-corrected chi connectivity index (χ1v) is 50.5. The Balaban J connectivity index is 1.52. The second-order valence-electron chi connectivity index (χ2n) is 34.3. The van der Waals surface area contributed by atoms with Crippen LogP contribution in [0.5, 0.6) is 0 Å². The van der Waals surface area contributed by atoms with Crippen molar-refractivity contribution in [2.75, 3.05) is 87.7 Å². The highest BCUT2D eigenvalue weighted by Crippen LogP contribution is 2.22. The van der Waals surface area contributed by atoms with Crippen molar-refractivity contribution in [3.63, 3.8) is 0 Å². The van der Waals surface area contributed by atoms with Crippen molar-refractivity contribution in [3.8, 4) is 0 Å². The number of primary amides is 2. The first-order chi connectivity index (χ1) is 71.2. The number of unbranched alkanes of at least 4 members (excludes halogenated alkanes) is 2. The number of aliphatic hydroxyl groups is 1. The third-order valence-electron chi connectivity index (χ3n) is 22.6. The van der Waals surface area contributed by atoms with Crippen molar-refractivity contribution in [2.24, 2.45) is 40.1 Å². The summed E-state index contributed by atoms with van der Waals surface area (Å²) >= 11 is 20.5. The number of amides is 21. The second kappa shape index (κ2) is 67.8. The number of imidazole rings is 1. The van der Waals surface area contributed by atoms with Gasteiger partial charge in [-0.25, -0.2) is 4.98 Å². The minimum atomic E-state index is -2.10. The van der Waals surface area contributed by atoms with Gasteiger partial charge in [-0.15, -0.1) is 0 Å². The van der Waals surface area contributed by atoms with Crippen molar-refractivity contribution >= 4 is 222 Å². The Hall–Kier alpha value is -14.1. The molecule has 1 aliphatic heterocycles. The maximum absolute atomic E-state index is 15.2. The van der Waals surface area contributed by atoms with Crippen molar-refractivity contribution in [3.05, 3.63) is 54.2 Å². The molecule has 0 unspecified atom stereocenters. The molecule has 59 nitrogen and oxygen atoms in total. The Kier molecular flexibility index (Phi) is 57.9. The van der Waals surface area contributed by atoms with E-state index in [2.05, 4.69) is 184 Å². The molecule has 1 saturated heterocycles. The van der Waals surface area contributed by atoms with Gasteiger partial charge in [-0.3, -0.25) is 121 Å². The molecule has 41 N–H and O–H groups in total. The van der Waals surface area contributed by atoms with Crippen molar-refractivity contribution in [1.29, 1.82) is 10.8 Å². The van der Waals surface area contributed by atoms with Gasteiger partial charge in [-0.2, -0.15) is 63.1 Å². The molecule has 2 aromatic heterocycles. The summed E-state index contributed by atoms with van der Waals surface area (Å²) in [6.45, 7) is -2.29. The van der Waals surface area contributed by atoms with Gasteiger partial charge in [0, 0.05) is 91.0 Å². The van der Waals surface area contributed by atoms with E-state index in [-0.39, 0.29) is 139 Å². The number of carbonyl (C=O) groups is 23. The summed E-state index contributed by atoms with van der Waals surface area (Å²) in [5.41, 5.74) is 40.1. The number of aromatic nitrogens is 3. The zero-order valence-corrected chi connectivity index (χ0v) is 86.4. The SMILES string of the molecule is C[C@H](NC(=O)[C@H](Cc1c[nH]cn1)NC(=O)[C@H](CC(=O)O)NC(=O)[C@H](CCCNC(=N)N)NC(=O)[C@H](Cc1c[nH]c2ccccc12)NC(=O)[C@H](CCCCN)NC(=O)[C@H](CO)NC(=O)[C@H](CS)NC(=O)CNC(=O)[C@H](CCCCN)NC(=O)[C@@H]1CCCN1C(=O)CNC(=O)[C@H](CC(N)=O)NC(=O)[C@H](CS)NC(=O)[C@H](CS)NC(=O)CNC(=O)[C@@H](N)CCC(=O)O)C(=O)N[C@@H](CCCNC(=N)N)C(=O)N[C@@H](CS)C(=O)N[C@@H](CS)C(N)=O. The van der Waals surface area contributed by atoms with Gasteiger partial charge in [0.1, 0.15) is 96.7 Å². The van der Waals surface area contributed by atoms with Crippen LogP contribution in [0.2, 0.25) is 0 Å². The Morgan fingerprint density at radius 3 is 1.30 bits per heavy atom. The zero-order chi connectivity index (χ0) is 112. The fourth-order valence-electron chi connectivity index (χ4n) is 14.5. The van der Waals surface area contributed by atoms with Gasteiger partial charge in [0.05, 0.1) is 57.1 Å². The van der Waals surface area contributed by atoms with E-state index >= 15 is 4.79 Å². The van der Waals surface area contributed by atoms with E-state index in [1.54, 1.807) is 24.3 Å². The molecule has 0 bridgehead atoms. The number of nitrogens with one attached hydrogen (secondary N) is 24. The van der Waals surface area contributed by atoms with Crippen molar-refractivity contribution in [1.82, 2.24) is 126 Å². The van der Waals surface area contributed by atoms with Gasteiger partial charge in [0.2, 0.25) is 124 Å². The number of rotatable bonds is 71. The lowest BCUT2D eigenvalue weighted by molar-refractivity contribution is -0.142. The molecule has 21 amide bonds. The van der Waals surface area contributed by atoms with Gasteiger partial charge in [0.15, 0.2) is 11.9 Å². The van der Waals surface area contributed by atoms with E-state index in [9.17, 15) is 116 Å². The van der Waals surface area contributed by atoms with Crippen molar-refractivity contribution < 1.29 is 126 Å². The van der Waals surface area contributed by atoms with Crippen LogP contribution in [-0.2, 0) is 123 Å². The Morgan fingerprint density at radius 1 is 0.433 bits per heavy atom. The number of likely N-dealkylation sites (tertiary alicyclic amines) is 1. The first-order valence-electron chi connectivity index (χ1n) is 47.3. The molecule has 1 fully saturated rings. The standard InChI is InChI=1S/C86H137N33O26S5/c1-41(69(130)107-49(15-8-22-97-85(92)93)75(136)117-60(39-150)83(144)116-56(35-146)68(91)129)104-76(137)52(26-43-30-96-40-103-43)112-78(139)54(28-67(127)128)114-74(135)50(16-9-23-98-86(94)95)108-77(138)51(25-42-29-99-46-12-3-2-11-44(42)46)111-73(134)48(14-5-7-21-88)109-79(140)55(34-120)115-80(141)57(36-147)105-64(123)32-101-71(132)47(13-4-6-20-87)110-84(145)61-17-10-24-119(61)65(124)33-102-72(133)53(27-62(90)121)113-82(143)59(38-149)118-81(142)58(37-148)106-63(122)31-100-70(131)45(89)18-19-66(125)126/h2-3,11-12,29-30,40-41,45,47-61,99,120,146-150H,4-10,13-28,31-39,87-89H2,1H3,(H2,90,121)(H2,91,129)(H,96,103)(H,100,131)(H,101,132)(H,102,133)(H,104,137)(H,105,123)(H,106,122)(H,107,130)(H,108,138)(H,109,140)(H,110,145)(H,111,134)(H,112,139)(H,113,143)(H,114,135)(H,115,141)(H,116,144)(H,117,136)(H,118,142)(H,125,126)(H,127,128)(H4,92,93,97)(H4,94,95,98)/t41-,45-,47-,48-,49-,50-,51-,52-,53-,54-,55-,56-,57-,58-,59-,60-,61-/m0/s1. The summed E-state index contributed by atoms with van der Waals surface area (Å²) in [6, 6.07) is -20.2. The van der Waals surface area contributed by atoms with E-state index in [0.717, 1.165) is 4.90 Å². The summed E-state index contributed by atoms with van der Waals surface area (Å²) in [5.74, 6) is -27.4. The predicted octanol–water partition coefficient (Wildman–Crippen LogP) is -14.2. The number of carboxylic acid groups (broad SMARTS) is 2. The van der Waals surface area contributed by atoms with E-state index in [1.165, 1.54) is 25.6 Å². The molecule has 1 aliphatic rings. The lowest BCUT2D eigenvalue weighted by atomic mass is 10.0. The predicted molar refractivity (Wildman–Crippen MR) is 553 cm³/mol. The third kappa shape index (κ3) is 45.9. The number of aromatic amines is 2. The number of fused-ring (bicyclic) bond motifs is 1. The largest absolute Gasteiger partial charge is 0.481 e. The highest BCUT2D eigenvalue weighted by Gasteiger charge is 2.41. The molecule has 150 heavy (non-hydrogen) atoms. The van der Waals surface area contributed by atoms with Crippen LogP contribution in [0.4, 0.5) is 0 Å². The Labute approximate surface area is 887 Å². The lowest BCUT2D eigenvalue weighted by Crippen LogP contribution is -2.61. The number of H-pyrrole nitrogens is 2. The molecule has 4 rings (SSSR count). The molecule has 0 aliphatic carbocycles. The molecule has 3 aromatic rings. The molecule has 0 radical (unpaired) electrons. The van der Waals surface area contributed by atoms with Gasteiger partial charge in [0.25, 0.3) is 0 Å². The molecule has 0 spiro atoms. The summed E-state index contributed by atoms with van der Waals surface area (Å²) in [7, 11) is 0. The number of carboxylic acids is 2. The normalized spacial score (nSPS) is 15.2. The number of carbonyl (C=O) groups excluding carboxylic acids is 21. The van der Waals surface area contributed by atoms with Crippen LogP contribution < -0.4 is 146 Å². The van der Waals surface area contributed by atoms with Crippen LogP contribution >= 0.6 is 63.1 Å². The number of hydrogen-bond donors (Lipinski definition) is 39. The number of nitrogens with zero attached hydrogens (tertiary/aromatic N) is 2. The first kappa shape index (κ1) is 128. The average Bonchev–Trinajstić information content (AvgIpc) is 1.67. The maximum Gasteiger partial charge on any atom is 0.305 e. The molecule has 64 heteroatoms. The van der Waals surface area contributed by atoms with Gasteiger partial charge >= 0.3 is 11.9 Å². The van der Waals surface area contributed by atoms with Crippen LogP contribution in [-0.4, -0.2) is 374 Å². The summed E-state index contributed by atoms with van der Waals surface area (Å²) in [6.07, 6.45) is 0.841. The average molecular weight is 2210 g/mol. The number of para-hydroxylation sites is 1. The second-order valence-corrected chi connectivity index (χ2v) is 36.1. The molecule has 1 aromatic carbocycles. The Bertz CT molecular complexity index is 5170. The number of thiol groups is 5. The fraction of sp³-hybridized carbons (Fsp3) is 0.581.